The number of ketones is 1. The van der Waals surface area contributed by atoms with Gasteiger partial charge < -0.3 is 14.6 Å². The van der Waals surface area contributed by atoms with E-state index >= 15 is 0 Å². The van der Waals surface area contributed by atoms with E-state index in [-0.39, 0.29) is 30.2 Å². The highest BCUT2D eigenvalue weighted by Crippen LogP contribution is 2.42. The van der Waals surface area contributed by atoms with Crippen molar-refractivity contribution in [1.82, 2.24) is 10.5 Å². The summed E-state index contributed by atoms with van der Waals surface area (Å²) in [6, 6.07) is 6.40. The van der Waals surface area contributed by atoms with E-state index in [9.17, 15) is 14.0 Å². The monoisotopic (exact) mass is 414 g/mol. The van der Waals surface area contributed by atoms with Gasteiger partial charge >= 0.3 is 0 Å². The van der Waals surface area contributed by atoms with E-state index in [0.29, 0.717) is 39.6 Å². The molecule has 1 N–H and O–H groups in total. The van der Waals surface area contributed by atoms with Gasteiger partial charge in [0, 0.05) is 22.4 Å². The molecule has 0 saturated carbocycles. The highest BCUT2D eigenvalue weighted by atomic mass is 32.1. The number of amides is 1. The van der Waals surface area contributed by atoms with Gasteiger partial charge in [-0.05, 0) is 45.0 Å². The molecule has 1 aromatic carbocycles. The van der Waals surface area contributed by atoms with Crippen molar-refractivity contribution in [3.05, 3.63) is 57.5 Å². The number of aryl methyl sites for hydroxylation is 2. The second-order valence-corrected chi connectivity index (χ2v) is 8.10. The fourth-order valence-electron chi connectivity index (χ4n) is 3.47. The first kappa shape index (κ1) is 19.3. The van der Waals surface area contributed by atoms with Crippen LogP contribution in [0.4, 0.5) is 4.39 Å². The minimum absolute atomic E-state index is 0.0323. The molecule has 0 aliphatic carbocycles. The Kier molecular flexibility index (Phi) is 4.96. The van der Waals surface area contributed by atoms with E-state index in [2.05, 4.69) is 10.5 Å². The number of ether oxygens (including phenoxy) is 1. The summed E-state index contributed by atoms with van der Waals surface area (Å²) < 4.78 is 25.3. The van der Waals surface area contributed by atoms with E-state index in [1.54, 1.807) is 26.0 Å². The molecule has 4 rings (SSSR count). The number of carbonyl (C=O) groups excluding carboxylic acids is 2. The normalized spacial score (nSPS) is 15.1. The van der Waals surface area contributed by atoms with Crippen LogP contribution in [0.3, 0.4) is 0 Å². The number of halogens is 1. The molecule has 6 nitrogen and oxygen atoms in total. The van der Waals surface area contributed by atoms with Crippen LogP contribution in [0, 0.1) is 19.7 Å². The van der Waals surface area contributed by atoms with Crippen molar-refractivity contribution in [2.24, 2.45) is 0 Å². The van der Waals surface area contributed by atoms with Gasteiger partial charge in [-0.2, -0.15) is 0 Å². The van der Waals surface area contributed by atoms with Gasteiger partial charge in [-0.3, -0.25) is 9.59 Å². The zero-order valence-electron chi connectivity index (χ0n) is 16.2. The van der Waals surface area contributed by atoms with Crippen LogP contribution < -0.4 is 10.1 Å². The number of hydrogen-bond acceptors (Lipinski definition) is 6. The molecule has 150 valence electrons. The third-order valence-electron chi connectivity index (χ3n) is 4.83. The number of carbonyl (C=O) groups is 2. The lowest BCUT2D eigenvalue weighted by atomic mass is 10.0. The van der Waals surface area contributed by atoms with Crippen LogP contribution in [0.15, 0.2) is 28.8 Å². The van der Waals surface area contributed by atoms with Crippen LogP contribution in [0.1, 0.15) is 44.0 Å². The standard InChI is InChI=1S/C21H19FN2O4S/c1-10-19(12(3)28-24-10)21(26)23-9-15-7-13-6-14(22)8-16(20(13)27-15)18-5-4-17(29-18)11(2)25/h4-6,8,15H,7,9H2,1-3H3,(H,23,26). The molecule has 1 aliphatic heterocycles. The maximum absolute atomic E-state index is 14.2. The molecule has 0 radical (unpaired) electrons. The molecule has 0 bridgehead atoms. The molecular formula is C21H19FN2O4S. The summed E-state index contributed by atoms with van der Waals surface area (Å²) in [6.45, 7) is 5.16. The van der Waals surface area contributed by atoms with Crippen LogP contribution in [-0.4, -0.2) is 29.5 Å². The average molecular weight is 414 g/mol. The van der Waals surface area contributed by atoms with Crippen molar-refractivity contribution in [3.8, 4) is 16.2 Å². The molecule has 1 amide bonds. The summed E-state index contributed by atoms with van der Waals surface area (Å²) in [7, 11) is 0. The van der Waals surface area contributed by atoms with Crippen LogP contribution >= 0.6 is 11.3 Å². The van der Waals surface area contributed by atoms with Gasteiger partial charge in [0.25, 0.3) is 5.91 Å². The SMILES string of the molecule is CC(=O)c1ccc(-c2cc(F)cc3c2OC(CNC(=O)c2c(C)noc2C)C3)s1. The summed E-state index contributed by atoms with van der Waals surface area (Å²) >= 11 is 1.31. The molecule has 1 unspecified atom stereocenters. The molecule has 0 saturated heterocycles. The Morgan fingerprint density at radius 1 is 1.31 bits per heavy atom. The average Bonchev–Trinajstić information content (AvgIpc) is 3.37. The lowest BCUT2D eigenvalue weighted by Gasteiger charge is -2.13. The molecule has 0 fully saturated rings. The fourth-order valence-corrected chi connectivity index (χ4v) is 4.38. The Morgan fingerprint density at radius 2 is 2.10 bits per heavy atom. The topological polar surface area (TPSA) is 81.4 Å². The first-order chi connectivity index (χ1) is 13.8. The quantitative estimate of drug-likeness (QED) is 0.636. The maximum Gasteiger partial charge on any atom is 0.256 e. The number of hydrogen-bond donors (Lipinski definition) is 1. The predicted octanol–water partition coefficient (Wildman–Crippen LogP) is 4.10. The lowest BCUT2D eigenvalue weighted by Crippen LogP contribution is -2.34. The van der Waals surface area contributed by atoms with Gasteiger partial charge in [-0.1, -0.05) is 5.16 Å². The molecule has 8 heteroatoms. The predicted molar refractivity (Wildman–Crippen MR) is 106 cm³/mol. The van der Waals surface area contributed by atoms with Gasteiger partial charge in [0.05, 0.1) is 17.1 Å². The summed E-state index contributed by atoms with van der Waals surface area (Å²) in [6.07, 6.45) is 0.162. The number of nitrogens with zero attached hydrogens (tertiary/aromatic N) is 1. The van der Waals surface area contributed by atoms with Gasteiger partial charge in [0.2, 0.25) is 0 Å². The molecule has 1 aliphatic rings. The number of benzene rings is 1. The number of aromatic nitrogens is 1. The Labute approximate surface area is 170 Å². The molecule has 3 heterocycles. The smallest absolute Gasteiger partial charge is 0.256 e. The lowest BCUT2D eigenvalue weighted by molar-refractivity contribution is 0.0931. The summed E-state index contributed by atoms with van der Waals surface area (Å²) in [4.78, 5) is 25.4. The van der Waals surface area contributed by atoms with E-state index in [0.717, 1.165) is 10.4 Å². The number of rotatable bonds is 5. The molecule has 3 aromatic rings. The Balaban J connectivity index is 1.52. The van der Waals surface area contributed by atoms with Crippen LogP contribution in [-0.2, 0) is 6.42 Å². The van der Waals surface area contributed by atoms with Crippen molar-refractivity contribution >= 4 is 23.0 Å². The zero-order chi connectivity index (χ0) is 20.7. The van der Waals surface area contributed by atoms with Crippen LogP contribution in [0.5, 0.6) is 5.75 Å². The number of nitrogens with one attached hydrogen (secondary N) is 1. The minimum Gasteiger partial charge on any atom is -0.487 e. The summed E-state index contributed by atoms with van der Waals surface area (Å²) in [5.41, 5.74) is 2.31. The van der Waals surface area contributed by atoms with Crippen molar-refractivity contribution < 1.29 is 23.2 Å². The zero-order valence-corrected chi connectivity index (χ0v) is 17.0. The summed E-state index contributed by atoms with van der Waals surface area (Å²) in [5.74, 6) is 0.381. The van der Waals surface area contributed by atoms with Gasteiger partial charge in [-0.15, -0.1) is 11.3 Å². The highest BCUT2D eigenvalue weighted by Gasteiger charge is 2.28. The minimum atomic E-state index is -0.361. The molecule has 0 spiro atoms. The fraction of sp³-hybridized carbons (Fsp3) is 0.286. The first-order valence-electron chi connectivity index (χ1n) is 9.14. The molecular weight excluding hydrogens is 395 g/mol. The van der Waals surface area contributed by atoms with Crippen LogP contribution in [0.25, 0.3) is 10.4 Å². The molecule has 29 heavy (non-hydrogen) atoms. The van der Waals surface area contributed by atoms with Gasteiger partial charge in [-0.25, -0.2) is 4.39 Å². The number of thiophene rings is 1. The number of fused-ring (bicyclic) bond motifs is 1. The second-order valence-electron chi connectivity index (χ2n) is 7.01. The van der Waals surface area contributed by atoms with Crippen molar-refractivity contribution in [3.63, 3.8) is 0 Å². The maximum atomic E-state index is 14.2. The Hall–Kier alpha value is -3.00. The third kappa shape index (κ3) is 3.67. The van der Waals surface area contributed by atoms with Crippen molar-refractivity contribution in [2.45, 2.75) is 33.3 Å². The highest BCUT2D eigenvalue weighted by molar-refractivity contribution is 7.17. The largest absolute Gasteiger partial charge is 0.487 e. The summed E-state index contributed by atoms with van der Waals surface area (Å²) in [5, 5.41) is 6.62. The Morgan fingerprint density at radius 3 is 2.76 bits per heavy atom. The molecule has 1 atom stereocenters. The van der Waals surface area contributed by atoms with Gasteiger partial charge in [0.1, 0.15) is 29.0 Å². The van der Waals surface area contributed by atoms with E-state index in [4.69, 9.17) is 9.26 Å². The Bertz CT molecular complexity index is 1100. The third-order valence-corrected chi connectivity index (χ3v) is 6.05. The second kappa shape index (κ2) is 7.44. The van der Waals surface area contributed by atoms with E-state index in [1.165, 1.54) is 30.4 Å². The van der Waals surface area contributed by atoms with E-state index in [1.807, 2.05) is 0 Å². The van der Waals surface area contributed by atoms with Gasteiger partial charge in [0.15, 0.2) is 5.78 Å². The first-order valence-corrected chi connectivity index (χ1v) is 9.96. The number of Topliss-reactive ketones (excluding diaryl/α,β-unsaturated/α-hetero) is 1. The molecule has 2 aromatic heterocycles. The van der Waals surface area contributed by atoms with Crippen molar-refractivity contribution in [1.29, 1.82) is 0 Å². The van der Waals surface area contributed by atoms with Crippen molar-refractivity contribution in [2.75, 3.05) is 6.54 Å². The van der Waals surface area contributed by atoms with E-state index < -0.39 is 0 Å². The van der Waals surface area contributed by atoms with Crippen LogP contribution in [0.2, 0.25) is 0 Å².